The number of hydrogen-bond donors (Lipinski definition) is 1. The Labute approximate surface area is 125 Å². The molecule has 20 heavy (non-hydrogen) atoms. The van der Waals surface area contributed by atoms with Crippen LogP contribution in [0.2, 0.25) is 5.02 Å². The van der Waals surface area contributed by atoms with Crippen molar-refractivity contribution < 1.29 is 0 Å². The molecule has 4 heteroatoms. The van der Waals surface area contributed by atoms with Crippen LogP contribution in [-0.4, -0.2) is 16.1 Å². The van der Waals surface area contributed by atoms with E-state index in [1.165, 1.54) is 24.2 Å². The Morgan fingerprint density at radius 2 is 2.20 bits per heavy atom. The summed E-state index contributed by atoms with van der Waals surface area (Å²) in [7, 11) is 0. The zero-order valence-corrected chi connectivity index (χ0v) is 12.7. The number of aryl methyl sites for hydroxylation is 1. The van der Waals surface area contributed by atoms with Gasteiger partial charge in [0.25, 0.3) is 0 Å². The van der Waals surface area contributed by atoms with E-state index < -0.39 is 0 Å². The van der Waals surface area contributed by atoms with E-state index in [4.69, 9.17) is 22.3 Å². The van der Waals surface area contributed by atoms with Gasteiger partial charge in [0, 0.05) is 17.5 Å². The second-order valence-electron chi connectivity index (χ2n) is 5.98. The zero-order chi connectivity index (χ0) is 14.1. The summed E-state index contributed by atoms with van der Waals surface area (Å²) in [6.45, 7) is 3.05. The van der Waals surface area contributed by atoms with Gasteiger partial charge in [-0.25, -0.2) is 4.98 Å². The molecule has 0 aliphatic heterocycles. The molecule has 1 heterocycles. The summed E-state index contributed by atoms with van der Waals surface area (Å²) in [6.07, 6.45) is 5.83. The summed E-state index contributed by atoms with van der Waals surface area (Å²) < 4.78 is 2.43. The van der Waals surface area contributed by atoms with Gasteiger partial charge in [-0.3, -0.25) is 0 Å². The highest BCUT2D eigenvalue weighted by Crippen LogP contribution is 2.39. The maximum Gasteiger partial charge on any atom is 0.110 e. The Balaban J connectivity index is 1.87. The Hall–Kier alpha value is -1.06. The van der Waals surface area contributed by atoms with Crippen LogP contribution in [0.5, 0.6) is 0 Å². The van der Waals surface area contributed by atoms with Gasteiger partial charge in [0.1, 0.15) is 5.82 Å². The van der Waals surface area contributed by atoms with Crippen molar-refractivity contribution in [3.63, 3.8) is 0 Å². The van der Waals surface area contributed by atoms with Crippen LogP contribution in [0.15, 0.2) is 18.2 Å². The Morgan fingerprint density at radius 3 is 2.90 bits per heavy atom. The summed E-state index contributed by atoms with van der Waals surface area (Å²) >= 11 is 6.08. The van der Waals surface area contributed by atoms with Crippen molar-refractivity contribution >= 4 is 22.6 Å². The van der Waals surface area contributed by atoms with Gasteiger partial charge in [-0.2, -0.15) is 0 Å². The van der Waals surface area contributed by atoms with Crippen molar-refractivity contribution in [2.45, 2.75) is 45.1 Å². The van der Waals surface area contributed by atoms with Gasteiger partial charge in [0.15, 0.2) is 0 Å². The summed E-state index contributed by atoms with van der Waals surface area (Å²) in [5, 5.41) is 0.765. The van der Waals surface area contributed by atoms with Crippen LogP contribution in [0.1, 0.15) is 44.5 Å². The fraction of sp³-hybridized carbons (Fsp3) is 0.562. The molecule has 1 aromatic carbocycles. The van der Waals surface area contributed by atoms with Gasteiger partial charge in [-0.1, -0.05) is 18.5 Å². The number of aromatic nitrogens is 2. The number of nitrogens with two attached hydrogens (primary N) is 1. The molecule has 108 valence electrons. The minimum Gasteiger partial charge on any atom is -0.330 e. The molecule has 1 aliphatic rings. The van der Waals surface area contributed by atoms with Crippen LogP contribution in [0.25, 0.3) is 11.0 Å². The molecule has 0 bridgehead atoms. The predicted molar refractivity (Wildman–Crippen MR) is 84.2 cm³/mol. The average molecular weight is 292 g/mol. The number of nitrogens with zero attached hydrogens (tertiary/aromatic N) is 2. The van der Waals surface area contributed by atoms with Crippen LogP contribution in [0.4, 0.5) is 0 Å². The lowest BCUT2D eigenvalue weighted by Crippen LogP contribution is -2.08. The number of hydrogen-bond acceptors (Lipinski definition) is 2. The van der Waals surface area contributed by atoms with Gasteiger partial charge in [-0.15, -0.1) is 0 Å². The van der Waals surface area contributed by atoms with E-state index in [1.54, 1.807) is 0 Å². The van der Waals surface area contributed by atoms with Gasteiger partial charge in [0.2, 0.25) is 0 Å². The lowest BCUT2D eigenvalue weighted by molar-refractivity contribution is 0.487. The van der Waals surface area contributed by atoms with Crippen molar-refractivity contribution in [2.75, 3.05) is 6.54 Å². The molecule has 2 N–H and O–H groups in total. The minimum atomic E-state index is 0.654. The van der Waals surface area contributed by atoms with E-state index in [1.807, 2.05) is 12.1 Å². The second-order valence-corrected chi connectivity index (χ2v) is 6.42. The van der Waals surface area contributed by atoms with E-state index in [0.717, 1.165) is 36.3 Å². The monoisotopic (exact) mass is 291 g/mol. The van der Waals surface area contributed by atoms with E-state index in [-0.39, 0.29) is 0 Å². The number of halogens is 1. The first-order valence-electron chi connectivity index (χ1n) is 7.55. The number of benzene rings is 1. The van der Waals surface area contributed by atoms with Gasteiger partial charge < -0.3 is 10.3 Å². The molecule has 3 nitrogen and oxygen atoms in total. The Morgan fingerprint density at radius 1 is 1.40 bits per heavy atom. The number of fused-ring (bicyclic) bond motifs is 1. The molecule has 1 aromatic heterocycles. The maximum absolute atomic E-state index is 6.08. The highest BCUT2D eigenvalue weighted by atomic mass is 35.5. The molecule has 0 radical (unpaired) electrons. The van der Waals surface area contributed by atoms with Gasteiger partial charge in [-0.05, 0) is 56.3 Å². The molecule has 1 saturated carbocycles. The first-order chi connectivity index (χ1) is 9.69. The molecule has 1 aliphatic carbocycles. The van der Waals surface area contributed by atoms with Crippen LogP contribution >= 0.6 is 11.6 Å². The van der Waals surface area contributed by atoms with E-state index in [2.05, 4.69) is 17.6 Å². The van der Waals surface area contributed by atoms with Crippen molar-refractivity contribution in [1.82, 2.24) is 9.55 Å². The first kappa shape index (κ1) is 13.9. The first-order valence-corrected chi connectivity index (χ1v) is 7.93. The standard InChI is InChI=1S/C16H22ClN3/c1-11(8-9-18)2-7-16-19-14-10-12(17)3-6-15(14)20(16)13-4-5-13/h3,6,10-11,13H,2,4-5,7-9,18H2,1H3. The summed E-state index contributed by atoms with van der Waals surface area (Å²) in [4.78, 5) is 4.81. The van der Waals surface area contributed by atoms with Crippen LogP contribution in [0, 0.1) is 5.92 Å². The minimum absolute atomic E-state index is 0.654. The highest BCUT2D eigenvalue weighted by molar-refractivity contribution is 6.31. The molecular formula is C16H22ClN3. The normalized spacial score (nSPS) is 16.8. The van der Waals surface area contributed by atoms with E-state index >= 15 is 0 Å². The van der Waals surface area contributed by atoms with Crippen molar-refractivity contribution in [1.29, 1.82) is 0 Å². The average Bonchev–Trinajstić information content (AvgIpc) is 3.18. The fourth-order valence-electron chi connectivity index (χ4n) is 2.84. The summed E-state index contributed by atoms with van der Waals surface area (Å²) in [5.41, 5.74) is 7.90. The van der Waals surface area contributed by atoms with Crippen molar-refractivity contribution in [2.24, 2.45) is 11.7 Å². The topological polar surface area (TPSA) is 43.8 Å². The highest BCUT2D eigenvalue weighted by Gasteiger charge is 2.28. The Kier molecular flexibility index (Phi) is 3.99. The van der Waals surface area contributed by atoms with Crippen LogP contribution < -0.4 is 5.73 Å². The fourth-order valence-corrected chi connectivity index (χ4v) is 3.01. The van der Waals surface area contributed by atoms with Crippen molar-refractivity contribution in [3.8, 4) is 0 Å². The quantitative estimate of drug-likeness (QED) is 0.876. The molecule has 0 spiro atoms. The third kappa shape index (κ3) is 2.84. The van der Waals surface area contributed by atoms with Crippen LogP contribution in [0.3, 0.4) is 0 Å². The second kappa shape index (κ2) is 5.74. The smallest absolute Gasteiger partial charge is 0.110 e. The van der Waals surface area contributed by atoms with Gasteiger partial charge in [0.05, 0.1) is 11.0 Å². The molecule has 1 unspecified atom stereocenters. The van der Waals surface area contributed by atoms with E-state index in [9.17, 15) is 0 Å². The van der Waals surface area contributed by atoms with Gasteiger partial charge >= 0.3 is 0 Å². The lowest BCUT2D eigenvalue weighted by atomic mass is 10.0. The molecule has 0 amide bonds. The number of imidazole rings is 1. The third-order valence-electron chi connectivity index (χ3n) is 4.16. The van der Waals surface area contributed by atoms with E-state index in [0.29, 0.717) is 12.0 Å². The maximum atomic E-state index is 6.08. The molecule has 1 fully saturated rings. The predicted octanol–water partition coefficient (Wildman–Crippen LogP) is 3.94. The summed E-state index contributed by atoms with van der Waals surface area (Å²) in [5.74, 6) is 1.88. The largest absolute Gasteiger partial charge is 0.330 e. The lowest BCUT2D eigenvalue weighted by Gasteiger charge is -2.11. The SMILES string of the molecule is CC(CCN)CCc1nc2cc(Cl)ccc2n1C1CC1. The molecule has 0 saturated heterocycles. The molecule has 1 atom stereocenters. The molecule has 2 aromatic rings. The molecular weight excluding hydrogens is 270 g/mol. The molecule has 3 rings (SSSR count). The van der Waals surface area contributed by atoms with Crippen LogP contribution in [-0.2, 0) is 6.42 Å². The van der Waals surface area contributed by atoms with Crippen molar-refractivity contribution in [3.05, 3.63) is 29.0 Å². The Bertz CT molecular complexity index is 601. The third-order valence-corrected chi connectivity index (χ3v) is 4.39. The summed E-state index contributed by atoms with van der Waals surface area (Å²) in [6, 6.07) is 6.70. The zero-order valence-electron chi connectivity index (χ0n) is 12.0. The number of rotatable bonds is 6.